The monoisotopic (exact) mass is 406 g/mol. The molecule has 1 aliphatic heterocycles. The van der Waals surface area contributed by atoms with Gasteiger partial charge < -0.3 is 14.9 Å². The predicted octanol–water partition coefficient (Wildman–Crippen LogP) is 4.39. The van der Waals surface area contributed by atoms with Crippen LogP contribution >= 0.6 is 0 Å². The minimum atomic E-state index is 0.199. The van der Waals surface area contributed by atoms with Crippen molar-refractivity contribution in [2.24, 2.45) is 0 Å². The number of rotatable bonds is 6. The molecule has 0 radical (unpaired) electrons. The normalized spacial score (nSPS) is 14.5. The zero-order valence-electron chi connectivity index (χ0n) is 18.5. The van der Waals surface area contributed by atoms with Crippen LogP contribution in [0.25, 0.3) is 22.0 Å². The Morgan fingerprint density at radius 1 is 1.00 bits per heavy atom. The second-order valence-electron chi connectivity index (χ2n) is 7.34. The summed E-state index contributed by atoms with van der Waals surface area (Å²) in [6, 6.07) is 14.8. The van der Waals surface area contributed by atoms with E-state index < -0.39 is 0 Å². The molecule has 5 nitrogen and oxygen atoms in total. The molecule has 1 N–H and O–H groups in total. The van der Waals surface area contributed by atoms with Gasteiger partial charge in [-0.05, 0) is 43.0 Å². The number of likely N-dealkylation sites (N-methyl/N-ethyl adjacent to an activating group) is 1. The van der Waals surface area contributed by atoms with Gasteiger partial charge in [-0.15, -0.1) is 0 Å². The van der Waals surface area contributed by atoms with Crippen molar-refractivity contribution in [1.29, 1.82) is 0 Å². The number of aryl methyl sites for hydroxylation is 1. The largest absolute Gasteiger partial charge is 0.396 e. The third-order valence-electron chi connectivity index (χ3n) is 5.55. The zero-order valence-corrected chi connectivity index (χ0v) is 18.5. The molecule has 0 saturated carbocycles. The van der Waals surface area contributed by atoms with Crippen molar-refractivity contribution in [3.05, 3.63) is 54.4 Å². The summed E-state index contributed by atoms with van der Waals surface area (Å²) in [5, 5.41) is 11.4. The van der Waals surface area contributed by atoms with E-state index in [2.05, 4.69) is 58.1 Å². The van der Waals surface area contributed by atoms with Crippen LogP contribution in [0, 0.1) is 0 Å². The molecule has 1 aromatic carbocycles. The Labute approximate surface area is 180 Å². The molecule has 0 unspecified atom stereocenters. The molecule has 160 valence electrons. The summed E-state index contributed by atoms with van der Waals surface area (Å²) in [6.45, 7) is 11.7. The van der Waals surface area contributed by atoms with E-state index in [0.29, 0.717) is 0 Å². The molecule has 5 heteroatoms. The van der Waals surface area contributed by atoms with Gasteiger partial charge in [0.2, 0.25) is 0 Å². The van der Waals surface area contributed by atoms with E-state index in [1.807, 2.05) is 26.1 Å². The Balaban J connectivity index is 0.00000124. The van der Waals surface area contributed by atoms with Crippen LogP contribution in [-0.4, -0.2) is 59.3 Å². The quantitative estimate of drug-likeness (QED) is 0.658. The van der Waals surface area contributed by atoms with Gasteiger partial charge in [0.25, 0.3) is 0 Å². The summed E-state index contributed by atoms with van der Waals surface area (Å²) in [7, 11) is 0. The van der Waals surface area contributed by atoms with Crippen LogP contribution < -0.4 is 4.90 Å². The number of piperazine rings is 1. The second kappa shape index (κ2) is 11.0. The van der Waals surface area contributed by atoms with Gasteiger partial charge in [0, 0.05) is 55.6 Å². The fraction of sp³-hybridized carbons (Fsp3) is 0.440. The maximum Gasteiger partial charge on any atom is 0.137 e. The molecule has 1 saturated heterocycles. The average Bonchev–Trinajstić information content (AvgIpc) is 2.83. The number of hydrogen-bond acceptors (Lipinski definition) is 5. The molecule has 1 fully saturated rings. The van der Waals surface area contributed by atoms with E-state index in [0.717, 1.165) is 68.3 Å². The number of aliphatic hydroxyl groups excluding tert-OH is 1. The van der Waals surface area contributed by atoms with E-state index in [1.54, 1.807) is 0 Å². The predicted molar refractivity (Wildman–Crippen MR) is 126 cm³/mol. The minimum absolute atomic E-state index is 0.199. The summed E-state index contributed by atoms with van der Waals surface area (Å²) >= 11 is 0. The number of benzene rings is 1. The standard InChI is InChI=1S/C23H28N4O.C2H6/c1-2-26-11-13-27(14-12-26)23-21-8-4-3-6-18(21)16-22(25-23)19-9-10-20(24-17-19)7-5-15-28;1-2/h3-4,6,8-10,16-17,28H,2,5,7,11-15H2,1H3;1-2H3. The first kappa shape index (κ1) is 22.2. The van der Waals surface area contributed by atoms with E-state index in [1.165, 1.54) is 10.8 Å². The van der Waals surface area contributed by atoms with Crippen LogP contribution in [0.15, 0.2) is 48.7 Å². The smallest absolute Gasteiger partial charge is 0.137 e. The Morgan fingerprint density at radius 3 is 2.43 bits per heavy atom. The van der Waals surface area contributed by atoms with E-state index in [9.17, 15) is 0 Å². The van der Waals surface area contributed by atoms with Crippen molar-refractivity contribution in [1.82, 2.24) is 14.9 Å². The first-order valence-electron chi connectivity index (χ1n) is 11.2. The molecular formula is C25H34N4O. The SMILES string of the molecule is CC.CCN1CCN(c2nc(-c3ccc(CCCO)nc3)cc3ccccc23)CC1. The van der Waals surface area contributed by atoms with Crippen molar-refractivity contribution in [3.63, 3.8) is 0 Å². The number of anilines is 1. The van der Waals surface area contributed by atoms with Gasteiger partial charge in [-0.25, -0.2) is 4.98 Å². The van der Waals surface area contributed by atoms with Gasteiger partial charge in [-0.3, -0.25) is 4.98 Å². The van der Waals surface area contributed by atoms with E-state index in [-0.39, 0.29) is 6.61 Å². The topological polar surface area (TPSA) is 52.5 Å². The third-order valence-corrected chi connectivity index (χ3v) is 5.55. The molecule has 0 bridgehead atoms. The molecular weight excluding hydrogens is 372 g/mol. The van der Waals surface area contributed by atoms with Crippen molar-refractivity contribution in [2.45, 2.75) is 33.6 Å². The number of aromatic nitrogens is 2. The zero-order chi connectivity index (χ0) is 21.3. The number of pyridine rings is 2. The number of nitrogens with zero attached hydrogens (tertiary/aromatic N) is 4. The first-order chi connectivity index (χ1) is 14.8. The molecule has 3 heterocycles. The van der Waals surface area contributed by atoms with Crippen LogP contribution in [0.5, 0.6) is 0 Å². The molecule has 30 heavy (non-hydrogen) atoms. The van der Waals surface area contributed by atoms with Gasteiger partial charge in [0.05, 0.1) is 5.69 Å². The van der Waals surface area contributed by atoms with E-state index >= 15 is 0 Å². The molecule has 0 spiro atoms. The molecule has 0 atom stereocenters. The lowest BCUT2D eigenvalue weighted by molar-refractivity contribution is 0.271. The average molecular weight is 407 g/mol. The lowest BCUT2D eigenvalue weighted by Gasteiger charge is -2.35. The summed E-state index contributed by atoms with van der Waals surface area (Å²) in [6.07, 6.45) is 3.45. The fourth-order valence-electron chi connectivity index (χ4n) is 3.83. The third kappa shape index (κ3) is 5.15. The van der Waals surface area contributed by atoms with Crippen molar-refractivity contribution in [2.75, 3.05) is 44.2 Å². The molecule has 1 aliphatic rings. The molecule has 3 aromatic rings. The van der Waals surface area contributed by atoms with Crippen LogP contribution in [0.3, 0.4) is 0 Å². The lowest BCUT2D eigenvalue weighted by Crippen LogP contribution is -2.46. The molecule has 2 aromatic heterocycles. The van der Waals surface area contributed by atoms with Crippen molar-refractivity contribution < 1.29 is 5.11 Å². The Hall–Kier alpha value is -2.50. The highest BCUT2D eigenvalue weighted by atomic mass is 16.2. The lowest BCUT2D eigenvalue weighted by atomic mass is 10.1. The fourth-order valence-corrected chi connectivity index (χ4v) is 3.83. The minimum Gasteiger partial charge on any atom is -0.396 e. The van der Waals surface area contributed by atoms with Crippen LogP contribution in [0.2, 0.25) is 0 Å². The molecule has 0 amide bonds. The summed E-state index contributed by atoms with van der Waals surface area (Å²) < 4.78 is 0. The Bertz CT molecular complexity index is 918. The highest BCUT2D eigenvalue weighted by Gasteiger charge is 2.19. The summed E-state index contributed by atoms with van der Waals surface area (Å²) in [4.78, 5) is 14.5. The Morgan fingerprint density at radius 2 is 1.77 bits per heavy atom. The first-order valence-corrected chi connectivity index (χ1v) is 11.2. The van der Waals surface area contributed by atoms with E-state index in [4.69, 9.17) is 10.1 Å². The van der Waals surface area contributed by atoms with Crippen molar-refractivity contribution in [3.8, 4) is 11.3 Å². The molecule has 0 aliphatic carbocycles. The maximum absolute atomic E-state index is 9.00. The van der Waals surface area contributed by atoms with Gasteiger partial charge in [-0.2, -0.15) is 0 Å². The summed E-state index contributed by atoms with van der Waals surface area (Å²) in [5.41, 5.74) is 3.01. The number of fused-ring (bicyclic) bond motifs is 1. The van der Waals surface area contributed by atoms with Gasteiger partial charge in [0.15, 0.2) is 0 Å². The molecule has 4 rings (SSSR count). The van der Waals surface area contributed by atoms with Gasteiger partial charge in [-0.1, -0.05) is 45.0 Å². The highest BCUT2D eigenvalue weighted by Crippen LogP contribution is 2.30. The number of aliphatic hydroxyl groups is 1. The van der Waals surface area contributed by atoms with Crippen molar-refractivity contribution >= 4 is 16.6 Å². The van der Waals surface area contributed by atoms with Gasteiger partial charge in [0.1, 0.15) is 5.82 Å². The maximum atomic E-state index is 9.00. The van der Waals surface area contributed by atoms with Crippen LogP contribution in [0.4, 0.5) is 5.82 Å². The second-order valence-corrected chi connectivity index (χ2v) is 7.34. The Kier molecular flexibility index (Phi) is 8.17. The number of hydrogen-bond donors (Lipinski definition) is 1. The summed E-state index contributed by atoms with van der Waals surface area (Å²) in [5.74, 6) is 1.08. The highest BCUT2D eigenvalue weighted by molar-refractivity contribution is 5.95. The van der Waals surface area contributed by atoms with Crippen LogP contribution in [-0.2, 0) is 6.42 Å². The van der Waals surface area contributed by atoms with Gasteiger partial charge >= 0.3 is 0 Å². The van der Waals surface area contributed by atoms with Crippen LogP contribution in [0.1, 0.15) is 32.9 Å².